The molecule has 0 atom stereocenters. The van der Waals surface area contributed by atoms with Crippen molar-refractivity contribution >= 4 is 0 Å². The summed E-state index contributed by atoms with van der Waals surface area (Å²) in [6.07, 6.45) is 2.64. The van der Waals surface area contributed by atoms with Gasteiger partial charge in [0, 0.05) is 26.2 Å². The molecule has 0 amide bonds. The zero-order valence-corrected chi connectivity index (χ0v) is 11.6. The fourth-order valence-electron chi connectivity index (χ4n) is 2.07. The van der Waals surface area contributed by atoms with Crippen LogP contribution in [0.2, 0.25) is 0 Å². The molecule has 1 aliphatic rings. The molecule has 106 valence electrons. The van der Waals surface area contributed by atoms with Gasteiger partial charge in [-0.1, -0.05) is 6.07 Å². The summed E-state index contributed by atoms with van der Waals surface area (Å²) in [4.78, 5) is 2.14. The highest BCUT2D eigenvalue weighted by molar-refractivity contribution is 5.27. The van der Waals surface area contributed by atoms with Crippen molar-refractivity contribution < 1.29 is 9.13 Å². The van der Waals surface area contributed by atoms with E-state index in [9.17, 15) is 4.39 Å². The van der Waals surface area contributed by atoms with Crippen molar-refractivity contribution in [2.45, 2.75) is 25.9 Å². The Morgan fingerprint density at radius 2 is 2.16 bits per heavy atom. The van der Waals surface area contributed by atoms with Crippen LogP contribution in [0.5, 0.6) is 0 Å². The summed E-state index contributed by atoms with van der Waals surface area (Å²) in [5.41, 5.74) is 7.64. The van der Waals surface area contributed by atoms with Gasteiger partial charge in [-0.25, -0.2) is 4.39 Å². The molecule has 0 bridgehead atoms. The van der Waals surface area contributed by atoms with Crippen LogP contribution in [-0.2, 0) is 17.8 Å². The lowest BCUT2D eigenvalue weighted by Gasteiger charge is -2.18. The third-order valence-electron chi connectivity index (χ3n) is 3.50. The molecule has 0 saturated heterocycles. The molecule has 0 aliphatic heterocycles. The normalized spacial score (nSPS) is 15.2. The van der Waals surface area contributed by atoms with Gasteiger partial charge < -0.3 is 10.5 Å². The monoisotopic (exact) mass is 266 g/mol. The van der Waals surface area contributed by atoms with Gasteiger partial charge in [-0.2, -0.15) is 0 Å². The van der Waals surface area contributed by atoms with Crippen molar-refractivity contribution in [2.24, 2.45) is 11.7 Å². The van der Waals surface area contributed by atoms with Crippen LogP contribution in [0.25, 0.3) is 0 Å². The molecule has 1 aromatic carbocycles. The van der Waals surface area contributed by atoms with E-state index in [1.807, 2.05) is 7.05 Å². The number of rotatable bonds is 8. The first-order valence-electron chi connectivity index (χ1n) is 6.92. The van der Waals surface area contributed by atoms with E-state index in [0.717, 1.165) is 36.8 Å². The molecule has 1 aliphatic carbocycles. The molecule has 1 fully saturated rings. The van der Waals surface area contributed by atoms with Crippen LogP contribution in [0.15, 0.2) is 18.2 Å². The Morgan fingerprint density at radius 1 is 1.37 bits per heavy atom. The minimum atomic E-state index is -0.203. The Morgan fingerprint density at radius 3 is 2.84 bits per heavy atom. The molecule has 0 spiro atoms. The number of benzene rings is 1. The molecule has 0 radical (unpaired) electrons. The highest BCUT2D eigenvalue weighted by atomic mass is 19.1. The van der Waals surface area contributed by atoms with Crippen molar-refractivity contribution in [3.05, 3.63) is 35.1 Å². The minimum absolute atomic E-state index is 0.203. The van der Waals surface area contributed by atoms with E-state index < -0.39 is 0 Å². The predicted octanol–water partition coefficient (Wildman–Crippen LogP) is 2.14. The molecule has 2 N–H and O–H groups in total. The van der Waals surface area contributed by atoms with Gasteiger partial charge in [-0.05, 0) is 49.1 Å². The highest BCUT2D eigenvalue weighted by Gasteiger charge is 2.20. The van der Waals surface area contributed by atoms with E-state index in [2.05, 4.69) is 4.90 Å². The fourth-order valence-corrected chi connectivity index (χ4v) is 2.07. The summed E-state index contributed by atoms with van der Waals surface area (Å²) in [6, 6.07) is 4.80. The molecule has 3 nitrogen and oxygen atoms in total. The molecule has 0 heterocycles. The van der Waals surface area contributed by atoms with Crippen LogP contribution < -0.4 is 5.73 Å². The molecule has 19 heavy (non-hydrogen) atoms. The van der Waals surface area contributed by atoms with Crippen molar-refractivity contribution in [3.8, 4) is 0 Å². The summed E-state index contributed by atoms with van der Waals surface area (Å²) < 4.78 is 18.9. The average Bonchev–Trinajstić information content (AvgIpc) is 3.19. The number of nitrogens with zero attached hydrogens (tertiary/aromatic N) is 1. The van der Waals surface area contributed by atoms with E-state index in [-0.39, 0.29) is 5.82 Å². The molecule has 0 unspecified atom stereocenters. The Labute approximate surface area is 114 Å². The van der Waals surface area contributed by atoms with Crippen molar-refractivity contribution in [3.63, 3.8) is 0 Å². The number of hydrogen-bond donors (Lipinski definition) is 1. The van der Waals surface area contributed by atoms with Crippen molar-refractivity contribution in [2.75, 3.05) is 26.8 Å². The molecule has 1 saturated carbocycles. The van der Waals surface area contributed by atoms with Crippen LogP contribution >= 0.6 is 0 Å². The largest absolute Gasteiger partial charge is 0.380 e. The Hall–Kier alpha value is -0.970. The number of ether oxygens (including phenoxy) is 1. The van der Waals surface area contributed by atoms with Gasteiger partial charge >= 0.3 is 0 Å². The summed E-state index contributed by atoms with van der Waals surface area (Å²) in [5, 5.41) is 0. The second-order valence-corrected chi connectivity index (χ2v) is 5.37. The average molecular weight is 266 g/mol. The smallest absolute Gasteiger partial charge is 0.123 e. The van der Waals surface area contributed by atoms with Gasteiger partial charge in [0.25, 0.3) is 0 Å². The molecule has 2 rings (SSSR count). The standard InChI is InChI=1S/C15H23FN2O/c1-18(6-7-19-11-12-2-3-12)10-14-8-15(16)5-4-13(14)9-17/h4-5,8,12H,2-3,6-7,9-11,17H2,1H3. The lowest BCUT2D eigenvalue weighted by molar-refractivity contribution is 0.102. The third kappa shape index (κ3) is 4.90. The van der Waals surface area contributed by atoms with Crippen molar-refractivity contribution in [1.82, 2.24) is 4.90 Å². The molecular weight excluding hydrogens is 243 g/mol. The van der Waals surface area contributed by atoms with E-state index in [0.29, 0.717) is 13.1 Å². The van der Waals surface area contributed by atoms with E-state index >= 15 is 0 Å². The van der Waals surface area contributed by atoms with E-state index in [1.54, 1.807) is 12.1 Å². The lowest BCUT2D eigenvalue weighted by Crippen LogP contribution is -2.24. The number of nitrogens with two attached hydrogens (primary N) is 1. The van der Waals surface area contributed by atoms with Crippen LogP contribution in [0.1, 0.15) is 24.0 Å². The molecule has 1 aromatic rings. The zero-order chi connectivity index (χ0) is 13.7. The van der Waals surface area contributed by atoms with Crippen LogP contribution in [0.3, 0.4) is 0 Å². The van der Waals surface area contributed by atoms with E-state index in [4.69, 9.17) is 10.5 Å². The molecule has 4 heteroatoms. The molecule has 0 aromatic heterocycles. The SMILES string of the molecule is CN(CCOCC1CC1)Cc1cc(F)ccc1CN. The Kier molecular flexibility index (Phi) is 5.31. The topological polar surface area (TPSA) is 38.5 Å². The summed E-state index contributed by atoms with van der Waals surface area (Å²) in [5.74, 6) is 0.600. The maximum Gasteiger partial charge on any atom is 0.123 e. The number of hydrogen-bond acceptors (Lipinski definition) is 3. The van der Waals surface area contributed by atoms with Gasteiger partial charge in [-0.15, -0.1) is 0 Å². The first-order valence-corrected chi connectivity index (χ1v) is 6.92. The predicted molar refractivity (Wildman–Crippen MR) is 74.2 cm³/mol. The maximum atomic E-state index is 13.3. The summed E-state index contributed by atoms with van der Waals surface area (Å²) in [6.45, 7) is 3.63. The summed E-state index contributed by atoms with van der Waals surface area (Å²) >= 11 is 0. The second-order valence-electron chi connectivity index (χ2n) is 5.37. The summed E-state index contributed by atoms with van der Waals surface area (Å²) in [7, 11) is 2.02. The third-order valence-corrected chi connectivity index (χ3v) is 3.50. The van der Waals surface area contributed by atoms with Crippen LogP contribution in [0, 0.1) is 11.7 Å². The minimum Gasteiger partial charge on any atom is -0.380 e. The molecular formula is C15H23FN2O. The second kappa shape index (κ2) is 6.98. The zero-order valence-electron chi connectivity index (χ0n) is 11.6. The van der Waals surface area contributed by atoms with Gasteiger partial charge in [0.1, 0.15) is 5.82 Å². The van der Waals surface area contributed by atoms with E-state index in [1.165, 1.54) is 18.9 Å². The van der Waals surface area contributed by atoms with Gasteiger partial charge in [0.05, 0.1) is 6.61 Å². The van der Waals surface area contributed by atoms with Gasteiger partial charge in [-0.3, -0.25) is 4.90 Å². The fraction of sp³-hybridized carbons (Fsp3) is 0.600. The quantitative estimate of drug-likeness (QED) is 0.733. The van der Waals surface area contributed by atoms with Gasteiger partial charge in [0.15, 0.2) is 0 Å². The Bertz CT molecular complexity index is 407. The van der Waals surface area contributed by atoms with Crippen LogP contribution in [-0.4, -0.2) is 31.7 Å². The van der Waals surface area contributed by atoms with Gasteiger partial charge in [0.2, 0.25) is 0 Å². The lowest BCUT2D eigenvalue weighted by atomic mass is 10.1. The maximum absolute atomic E-state index is 13.3. The first kappa shape index (κ1) is 14.4. The highest BCUT2D eigenvalue weighted by Crippen LogP contribution is 2.28. The van der Waals surface area contributed by atoms with Crippen LogP contribution in [0.4, 0.5) is 4.39 Å². The number of halogens is 1. The first-order chi connectivity index (χ1) is 9.19. The number of likely N-dealkylation sites (N-methyl/N-ethyl adjacent to an activating group) is 1. The Balaban J connectivity index is 1.76. The van der Waals surface area contributed by atoms with Crippen molar-refractivity contribution in [1.29, 1.82) is 0 Å².